The lowest BCUT2D eigenvalue weighted by Crippen LogP contribution is -2.17. The molecular weight excluding hydrogens is 254 g/mol. The van der Waals surface area contributed by atoms with Crippen molar-refractivity contribution in [3.8, 4) is 5.88 Å². The lowest BCUT2D eigenvalue weighted by atomic mass is 9.90. The molecule has 1 aromatic rings. The molecule has 2 atom stereocenters. The summed E-state index contributed by atoms with van der Waals surface area (Å²) < 4.78 is 5.18. The molecule has 4 heteroatoms. The molecule has 0 bridgehead atoms. The largest absolute Gasteiger partial charge is 0.407 e. The Morgan fingerprint density at radius 3 is 2.90 bits per heavy atom. The molecule has 1 aliphatic rings. The second kappa shape index (κ2) is 6.98. The highest BCUT2D eigenvalue weighted by Crippen LogP contribution is 2.34. The zero-order valence-electron chi connectivity index (χ0n) is 11.6. The molecule has 1 fully saturated rings. The standard InChI is InChI=1S/C16H19NO3/c1-2-3-6-12-9-14(18)10-13(12)11-16(19)20-15-7-4-5-8-17-15/h2-5,7-8,12-13H,6,9-11H2,1H3. The van der Waals surface area contributed by atoms with Crippen molar-refractivity contribution in [2.45, 2.75) is 32.6 Å². The average molecular weight is 273 g/mol. The Morgan fingerprint density at radius 1 is 1.40 bits per heavy atom. The minimum Gasteiger partial charge on any atom is -0.407 e. The summed E-state index contributed by atoms with van der Waals surface area (Å²) in [5, 5.41) is 0. The van der Waals surface area contributed by atoms with Crippen LogP contribution in [-0.4, -0.2) is 16.7 Å². The first-order chi connectivity index (χ1) is 9.69. The fourth-order valence-electron chi connectivity index (χ4n) is 2.61. The molecule has 20 heavy (non-hydrogen) atoms. The molecule has 1 aromatic heterocycles. The molecule has 0 saturated heterocycles. The summed E-state index contributed by atoms with van der Waals surface area (Å²) in [6.45, 7) is 1.96. The van der Waals surface area contributed by atoms with E-state index in [1.807, 2.05) is 13.0 Å². The predicted molar refractivity (Wildman–Crippen MR) is 75.1 cm³/mol. The Balaban J connectivity index is 1.90. The van der Waals surface area contributed by atoms with Gasteiger partial charge in [0.1, 0.15) is 5.78 Å². The van der Waals surface area contributed by atoms with Crippen LogP contribution in [0.4, 0.5) is 0 Å². The normalized spacial score (nSPS) is 22.4. The number of hydrogen-bond donors (Lipinski definition) is 0. The zero-order chi connectivity index (χ0) is 14.4. The Labute approximate surface area is 118 Å². The number of ether oxygens (including phenoxy) is 1. The molecule has 2 rings (SSSR count). The molecule has 106 valence electrons. The van der Waals surface area contributed by atoms with Crippen molar-refractivity contribution in [3.05, 3.63) is 36.5 Å². The van der Waals surface area contributed by atoms with Crippen molar-refractivity contribution in [1.29, 1.82) is 0 Å². The van der Waals surface area contributed by atoms with Crippen LogP contribution in [0.15, 0.2) is 36.5 Å². The van der Waals surface area contributed by atoms with E-state index >= 15 is 0 Å². The molecule has 0 N–H and O–H groups in total. The molecule has 0 aliphatic heterocycles. The lowest BCUT2D eigenvalue weighted by molar-refractivity contribution is -0.136. The first kappa shape index (κ1) is 14.4. The second-order valence-corrected chi connectivity index (χ2v) is 5.12. The van der Waals surface area contributed by atoms with Crippen LogP contribution >= 0.6 is 0 Å². The fraction of sp³-hybridized carbons (Fsp3) is 0.438. The maximum Gasteiger partial charge on any atom is 0.312 e. The van der Waals surface area contributed by atoms with Crippen molar-refractivity contribution in [1.82, 2.24) is 4.98 Å². The number of aromatic nitrogens is 1. The van der Waals surface area contributed by atoms with Gasteiger partial charge in [-0.1, -0.05) is 18.2 Å². The Kier molecular flexibility index (Phi) is 5.04. The SMILES string of the molecule is CC=CCC1CC(=O)CC1CC(=O)Oc1ccccn1. The minimum atomic E-state index is -0.311. The Hall–Kier alpha value is -1.97. The highest BCUT2D eigenvalue weighted by molar-refractivity contribution is 5.82. The van der Waals surface area contributed by atoms with Gasteiger partial charge in [-0.15, -0.1) is 0 Å². The van der Waals surface area contributed by atoms with E-state index < -0.39 is 0 Å². The van der Waals surface area contributed by atoms with E-state index in [9.17, 15) is 9.59 Å². The van der Waals surface area contributed by atoms with Crippen molar-refractivity contribution < 1.29 is 14.3 Å². The van der Waals surface area contributed by atoms with Crippen LogP contribution < -0.4 is 4.74 Å². The Morgan fingerprint density at radius 2 is 2.20 bits per heavy atom. The van der Waals surface area contributed by atoms with E-state index in [0.717, 1.165) is 6.42 Å². The van der Waals surface area contributed by atoms with E-state index in [1.165, 1.54) is 0 Å². The smallest absolute Gasteiger partial charge is 0.312 e. The van der Waals surface area contributed by atoms with Crippen LogP contribution in [0.25, 0.3) is 0 Å². The fourth-order valence-corrected chi connectivity index (χ4v) is 2.61. The molecule has 0 aromatic carbocycles. The van der Waals surface area contributed by atoms with Crippen molar-refractivity contribution in [3.63, 3.8) is 0 Å². The second-order valence-electron chi connectivity index (χ2n) is 5.12. The third kappa shape index (κ3) is 4.02. The van der Waals surface area contributed by atoms with Gasteiger partial charge in [0.2, 0.25) is 5.88 Å². The van der Waals surface area contributed by atoms with Gasteiger partial charge in [0, 0.05) is 31.5 Å². The lowest BCUT2D eigenvalue weighted by Gasteiger charge is -2.15. The summed E-state index contributed by atoms with van der Waals surface area (Å²) >= 11 is 0. The topological polar surface area (TPSA) is 56.3 Å². The number of nitrogens with zero attached hydrogens (tertiary/aromatic N) is 1. The molecule has 0 amide bonds. The quantitative estimate of drug-likeness (QED) is 0.611. The third-order valence-corrected chi connectivity index (χ3v) is 3.61. The third-order valence-electron chi connectivity index (χ3n) is 3.61. The van der Waals surface area contributed by atoms with Gasteiger partial charge in [-0.05, 0) is 31.2 Å². The number of carbonyl (C=O) groups excluding carboxylic acids is 2. The van der Waals surface area contributed by atoms with Crippen LogP contribution in [0, 0.1) is 11.8 Å². The van der Waals surface area contributed by atoms with Crippen LogP contribution in [0.3, 0.4) is 0 Å². The Bertz CT molecular complexity index is 496. The van der Waals surface area contributed by atoms with E-state index in [2.05, 4.69) is 11.1 Å². The minimum absolute atomic E-state index is 0.0925. The number of hydrogen-bond acceptors (Lipinski definition) is 4. The summed E-state index contributed by atoms with van der Waals surface area (Å²) in [6.07, 6.45) is 7.81. The maximum absolute atomic E-state index is 11.9. The van der Waals surface area contributed by atoms with Crippen LogP contribution in [0.1, 0.15) is 32.6 Å². The van der Waals surface area contributed by atoms with Gasteiger partial charge in [-0.2, -0.15) is 0 Å². The molecule has 2 unspecified atom stereocenters. The van der Waals surface area contributed by atoms with E-state index in [4.69, 9.17) is 4.74 Å². The first-order valence-electron chi connectivity index (χ1n) is 6.93. The monoisotopic (exact) mass is 273 g/mol. The first-order valence-corrected chi connectivity index (χ1v) is 6.93. The summed E-state index contributed by atoms with van der Waals surface area (Å²) in [7, 11) is 0. The van der Waals surface area contributed by atoms with Crippen molar-refractivity contribution in [2.75, 3.05) is 0 Å². The summed E-state index contributed by atoms with van der Waals surface area (Å²) in [4.78, 5) is 27.4. The van der Waals surface area contributed by atoms with Gasteiger partial charge in [0.15, 0.2) is 0 Å². The number of pyridine rings is 1. The number of esters is 1. The van der Waals surface area contributed by atoms with Gasteiger partial charge in [0.25, 0.3) is 0 Å². The summed E-state index contributed by atoms with van der Waals surface area (Å²) in [6, 6.07) is 5.18. The van der Waals surface area contributed by atoms with Crippen LogP contribution in [-0.2, 0) is 9.59 Å². The van der Waals surface area contributed by atoms with E-state index in [-0.39, 0.29) is 30.0 Å². The van der Waals surface area contributed by atoms with Gasteiger partial charge in [0.05, 0.1) is 0 Å². The number of rotatable bonds is 5. The molecule has 1 heterocycles. The number of carbonyl (C=O) groups is 2. The van der Waals surface area contributed by atoms with Gasteiger partial charge >= 0.3 is 5.97 Å². The summed E-state index contributed by atoms with van der Waals surface area (Å²) in [5.41, 5.74) is 0. The molecule has 1 aliphatic carbocycles. The molecule has 0 radical (unpaired) electrons. The maximum atomic E-state index is 11.9. The van der Waals surface area contributed by atoms with E-state index in [1.54, 1.807) is 24.4 Å². The number of ketones is 1. The van der Waals surface area contributed by atoms with Crippen LogP contribution in [0.5, 0.6) is 5.88 Å². The highest BCUT2D eigenvalue weighted by Gasteiger charge is 2.33. The summed E-state index contributed by atoms with van der Waals surface area (Å²) in [5.74, 6) is 0.598. The van der Waals surface area contributed by atoms with Gasteiger partial charge in [-0.25, -0.2) is 4.98 Å². The van der Waals surface area contributed by atoms with Gasteiger partial charge in [-0.3, -0.25) is 9.59 Å². The molecule has 4 nitrogen and oxygen atoms in total. The molecule has 1 saturated carbocycles. The van der Waals surface area contributed by atoms with Crippen molar-refractivity contribution >= 4 is 11.8 Å². The number of allylic oxidation sites excluding steroid dienone is 2. The number of Topliss-reactive ketones (excluding diaryl/α,β-unsaturated/α-hetero) is 1. The zero-order valence-corrected chi connectivity index (χ0v) is 11.6. The van der Waals surface area contributed by atoms with Crippen molar-refractivity contribution in [2.24, 2.45) is 11.8 Å². The predicted octanol–water partition coefficient (Wildman–Crippen LogP) is 2.94. The highest BCUT2D eigenvalue weighted by atomic mass is 16.5. The van der Waals surface area contributed by atoms with Gasteiger partial charge < -0.3 is 4.74 Å². The molecule has 0 spiro atoms. The molecular formula is C16H19NO3. The van der Waals surface area contributed by atoms with Crippen LogP contribution in [0.2, 0.25) is 0 Å². The van der Waals surface area contributed by atoms with E-state index in [0.29, 0.717) is 18.7 Å². The average Bonchev–Trinajstić information content (AvgIpc) is 2.77.